The van der Waals surface area contributed by atoms with Crippen LogP contribution in [0.1, 0.15) is 31.2 Å². The van der Waals surface area contributed by atoms with E-state index >= 15 is 0 Å². The van der Waals surface area contributed by atoms with Crippen molar-refractivity contribution in [1.29, 1.82) is 0 Å². The minimum Gasteiger partial charge on any atom is -0.382 e. The lowest BCUT2D eigenvalue weighted by atomic mass is 10.2. The quantitative estimate of drug-likeness (QED) is 0.362. The third-order valence-corrected chi connectivity index (χ3v) is 5.80. The molecule has 33 heavy (non-hydrogen) atoms. The van der Waals surface area contributed by atoms with E-state index in [4.69, 9.17) is 16.3 Å². The first-order chi connectivity index (χ1) is 16.1. The largest absolute Gasteiger partial charge is 0.382 e. The lowest BCUT2D eigenvalue weighted by molar-refractivity contribution is -0.121. The minimum absolute atomic E-state index is 0.0584. The predicted octanol–water partition coefficient (Wildman–Crippen LogP) is 3.22. The van der Waals surface area contributed by atoms with Crippen LogP contribution in [0.2, 0.25) is 5.02 Å². The smallest absolute Gasteiger partial charge is 0.263 e. The number of amides is 1. The number of hydrogen-bond donors (Lipinski definition) is 1. The second kappa shape index (κ2) is 10.6. The molecule has 0 fully saturated rings. The summed E-state index contributed by atoms with van der Waals surface area (Å²) in [6, 6.07) is 14.8. The van der Waals surface area contributed by atoms with Crippen LogP contribution in [-0.4, -0.2) is 44.8 Å². The fraction of sp³-hybridized carbons (Fsp3) is 0.333. The van der Waals surface area contributed by atoms with Gasteiger partial charge in [0.15, 0.2) is 0 Å². The van der Waals surface area contributed by atoms with Crippen LogP contribution in [0.3, 0.4) is 0 Å². The van der Waals surface area contributed by atoms with E-state index in [1.165, 1.54) is 0 Å². The number of nitrogens with one attached hydrogen (secondary N) is 1. The number of carbonyl (C=O) groups excluding carboxylic acids is 1. The Morgan fingerprint density at radius 3 is 2.73 bits per heavy atom. The Kier molecular flexibility index (Phi) is 7.36. The van der Waals surface area contributed by atoms with E-state index in [1.54, 1.807) is 16.7 Å². The van der Waals surface area contributed by atoms with Gasteiger partial charge < -0.3 is 10.1 Å². The normalized spacial score (nSPS) is 11.3. The SMILES string of the molecule is CCOCCCNC(=O)CCc1nnc2n(Cc3ccccc3Cl)c(=O)c3ccccc3n12. The summed E-state index contributed by atoms with van der Waals surface area (Å²) in [4.78, 5) is 25.6. The molecule has 4 rings (SSSR count). The molecule has 4 aromatic rings. The van der Waals surface area contributed by atoms with Crippen molar-refractivity contribution in [1.82, 2.24) is 24.5 Å². The van der Waals surface area contributed by atoms with Crippen LogP contribution in [0.5, 0.6) is 0 Å². The van der Waals surface area contributed by atoms with Gasteiger partial charge in [-0.15, -0.1) is 10.2 Å². The van der Waals surface area contributed by atoms with E-state index < -0.39 is 0 Å². The van der Waals surface area contributed by atoms with Gasteiger partial charge in [-0.1, -0.05) is 41.9 Å². The zero-order valence-corrected chi connectivity index (χ0v) is 19.2. The fourth-order valence-corrected chi connectivity index (χ4v) is 3.97. The first-order valence-corrected chi connectivity index (χ1v) is 11.4. The molecule has 0 bridgehead atoms. The van der Waals surface area contributed by atoms with Gasteiger partial charge in [0, 0.05) is 37.6 Å². The summed E-state index contributed by atoms with van der Waals surface area (Å²) in [6.45, 7) is 4.08. The molecule has 172 valence electrons. The van der Waals surface area contributed by atoms with Gasteiger partial charge in [0.25, 0.3) is 5.56 Å². The number of benzene rings is 2. The Labute approximate surface area is 196 Å². The summed E-state index contributed by atoms with van der Waals surface area (Å²) < 4.78 is 8.72. The summed E-state index contributed by atoms with van der Waals surface area (Å²) in [5, 5.41) is 12.7. The number of hydrogen-bond acceptors (Lipinski definition) is 5. The van der Waals surface area contributed by atoms with Crippen LogP contribution in [0, 0.1) is 0 Å². The van der Waals surface area contributed by atoms with E-state index in [9.17, 15) is 9.59 Å². The van der Waals surface area contributed by atoms with E-state index in [-0.39, 0.29) is 24.4 Å². The molecule has 0 aliphatic carbocycles. The molecule has 0 spiro atoms. The van der Waals surface area contributed by atoms with Crippen molar-refractivity contribution < 1.29 is 9.53 Å². The summed E-state index contributed by atoms with van der Waals surface area (Å²) >= 11 is 6.34. The molecule has 0 atom stereocenters. The number of aryl methyl sites for hydroxylation is 1. The Hall–Kier alpha value is -3.23. The van der Waals surface area contributed by atoms with Gasteiger partial charge >= 0.3 is 0 Å². The second-order valence-electron chi connectivity index (χ2n) is 7.65. The molecule has 0 saturated heterocycles. The first-order valence-electron chi connectivity index (χ1n) is 11.0. The Balaban J connectivity index is 1.63. The maximum atomic E-state index is 13.3. The number of para-hydroxylation sites is 1. The molecule has 2 heterocycles. The second-order valence-corrected chi connectivity index (χ2v) is 8.06. The Bertz CT molecular complexity index is 1330. The first kappa shape index (κ1) is 22.9. The summed E-state index contributed by atoms with van der Waals surface area (Å²) in [6.07, 6.45) is 1.44. The topological polar surface area (TPSA) is 90.5 Å². The molecular formula is C24H26ClN5O3. The number of nitrogens with zero attached hydrogens (tertiary/aromatic N) is 4. The molecule has 8 nitrogen and oxygen atoms in total. The number of rotatable bonds is 10. The lowest BCUT2D eigenvalue weighted by Gasteiger charge is -2.12. The highest BCUT2D eigenvalue weighted by Gasteiger charge is 2.18. The van der Waals surface area contributed by atoms with Crippen LogP contribution < -0.4 is 10.9 Å². The Morgan fingerprint density at radius 1 is 1.12 bits per heavy atom. The zero-order chi connectivity index (χ0) is 23.2. The van der Waals surface area contributed by atoms with Gasteiger partial charge in [0.05, 0.1) is 17.4 Å². The number of ether oxygens (including phenoxy) is 1. The fourth-order valence-electron chi connectivity index (χ4n) is 3.78. The van der Waals surface area contributed by atoms with Gasteiger partial charge in [-0.05, 0) is 37.1 Å². The van der Waals surface area contributed by atoms with E-state index in [2.05, 4.69) is 15.5 Å². The Morgan fingerprint density at radius 2 is 1.91 bits per heavy atom. The molecular weight excluding hydrogens is 442 g/mol. The molecule has 1 amide bonds. The van der Waals surface area contributed by atoms with Gasteiger partial charge in [-0.3, -0.25) is 18.6 Å². The van der Waals surface area contributed by atoms with Crippen LogP contribution >= 0.6 is 11.6 Å². The lowest BCUT2D eigenvalue weighted by Crippen LogP contribution is -2.26. The highest BCUT2D eigenvalue weighted by molar-refractivity contribution is 6.31. The number of aromatic nitrogens is 4. The highest BCUT2D eigenvalue weighted by atomic mass is 35.5. The van der Waals surface area contributed by atoms with Crippen molar-refractivity contribution in [2.75, 3.05) is 19.8 Å². The minimum atomic E-state index is -0.163. The molecule has 2 aromatic carbocycles. The summed E-state index contributed by atoms with van der Waals surface area (Å²) in [7, 11) is 0. The van der Waals surface area contributed by atoms with Crippen molar-refractivity contribution >= 4 is 34.2 Å². The number of carbonyl (C=O) groups is 1. The molecule has 0 aliphatic rings. The average molecular weight is 468 g/mol. The molecule has 1 N–H and O–H groups in total. The zero-order valence-electron chi connectivity index (χ0n) is 18.5. The third-order valence-electron chi connectivity index (χ3n) is 5.43. The monoisotopic (exact) mass is 467 g/mol. The van der Waals surface area contributed by atoms with Gasteiger partial charge in [-0.2, -0.15) is 0 Å². The van der Waals surface area contributed by atoms with E-state index in [1.807, 2.05) is 47.7 Å². The van der Waals surface area contributed by atoms with Crippen molar-refractivity contribution in [3.05, 3.63) is 75.3 Å². The van der Waals surface area contributed by atoms with Crippen molar-refractivity contribution in [2.24, 2.45) is 0 Å². The number of fused-ring (bicyclic) bond motifs is 3. The van der Waals surface area contributed by atoms with Crippen LogP contribution in [-0.2, 0) is 22.5 Å². The third kappa shape index (κ3) is 5.07. The maximum absolute atomic E-state index is 13.3. The highest BCUT2D eigenvalue weighted by Crippen LogP contribution is 2.19. The molecule has 2 aromatic heterocycles. The maximum Gasteiger partial charge on any atom is 0.263 e. The van der Waals surface area contributed by atoms with Gasteiger partial charge in [0.2, 0.25) is 11.7 Å². The average Bonchev–Trinajstić information content (AvgIpc) is 3.25. The van der Waals surface area contributed by atoms with Crippen molar-refractivity contribution in [3.63, 3.8) is 0 Å². The van der Waals surface area contributed by atoms with Crippen molar-refractivity contribution in [3.8, 4) is 0 Å². The van der Waals surface area contributed by atoms with Crippen molar-refractivity contribution in [2.45, 2.75) is 32.7 Å². The molecule has 0 unspecified atom stereocenters. The van der Waals surface area contributed by atoms with Crippen LogP contribution in [0.15, 0.2) is 53.3 Å². The summed E-state index contributed by atoms with van der Waals surface area (Å²) in [5.41, 5.74) is 1.36. The molecule has 9 heteroatoms. The van der Waals surface area contributed by atoms with Gasteiger partial charge in [-0.25, -0.2) is 0 Å². The standard InChI is InChI=1S/C24H26ClN5O3/c1-2-33-15-7-14-26-22(31)13-12-21-27-28-24-29(16-17-8-3-5-10-19(17)25)23(32)18-9-4-6-11-20(18)30(21)24/h3-6,8-11H,2,7,12-16H2,1H3,(H,26,31). The predicted molar refractivity (Wildman–Crippen MR) is 128 cm³/mol. The number of halogens is 1. The van der Waals surface area contributed by atoms with Crippen LogP contribution in [0.25, 0.3) is 16.7 Å². The van der Waals surface area contributed by atoms with E-state index in [0.29, 0.717) is 53.7 Å². The van der Waals surface area contributed by atoms with E-state index in [0.717, 1.165) is 12.0 Å². The molecule has 0 aliphatic heterocycles. The molecule has 0 saturated carbocycles. The van der Waals surface area contributed by atoms with Gasteiger partial charge in [0.1, 0.15) is 5.82 Å². The molecule has 0 radical (unpaired) electrons. The van der Waals surface area contributed by atoms with Crippen LogP contribution in [0.4, 0.5) is 0 Å². The summed E-state index contributed by atoms with van der Waals surface area (Å²) in [5.74, 6) is 0.987.